The van der Waals surface area contributed by atoms with Gasteiger partial charge in [0, 0.05) is 42.3 Å². The molecule has 0 unspecified atom stereocenters. The Bertz CT molecular complexity index is 3110. The molecule has 0 bridgehead atoms. The standard InChI is InChI=1S/C53H37NS/c1-53(2)48-19-11-10-17-43(48)44-27-26-40(33-49(44)53)54(50-32-38-14-6-7-15-41(38)42-16-8-9-18-45(42)50)39-24-20-35(21-25-39)37-23-29-52-47(31-37)46-30-36(22-28-51(46)55-52)34-12-4-3-5-13-34/h3-33H,1-2H3. The topological polar surface area (TPSA) is 3.24 Å². The van der Waals surface area contributed by atoms with Crippen LogP contribution in [0.15, 0.2) is 188 Å². The van der Waals surface area contributed by atoms with Crippen LogP contribution in [0.4, 0.5) is 17.1 Å². The molecule has 1 aromatic heterocycles. The van der Waals surface area contributed by atoms with Crippen molar-refractivity contribution in [2.45, 2.75) is 19.3 Å². The van der Waals surface area contributed by atoms with Gasteiger partial charge in [0.1, 0.15) is 0 Å². The van der Waals surface area contributed by atoms with E-state index in [2.05, 4.69) is 207 Å². The maximum atomic E-state index is 2.47. The van der Waals surface area contributed by atoms with Crippen LogP contribution in [-0.4, -0.2) is 0 Å². The zero-order valence-electron chi connectivity index (χ0n) is 30.8. The van der Waals surface area contributed by atoms with E-state index in [9.17, 15) is 0 Å². The third kappa shape index (κ3) is 5.06. The molecule has 1 aliphatic rings. The third-order valence-electron chi connectivity index (χ3n) is 11.8. The van der Waals surface area contributed by atoms with Crippen molar-refractivity contribution >= 4 is 70.1 Å². The van der Waals surface area contributed by atoms with Gasteiger partial charge < -0.3 is 4.90 Å². The van der Waals surface area contributed by atoms with Crippen molar-refractivity contribution in [2.75, 3.05) is 4.90 Å². The lowest BCUT2D eigenvalue weighted by Gasteiger charge is -2.29. The van der Waals surface area contributed by atoms with Crippen molar-refractivity contribution in [1.29, 1.82) is 0 Å². The molecular formula is C53H37NS. The fourth-order valence-electron chi connectivity index (χ4n) is 9.05. The average molecular weight is 720 g/mol. The molecule has 0 saturated heterocycles. The first-order valence-corrected chi connectivity index (χ1v) is 19.9. The molecule has 55 heavy (non-hydrogen) atoms. The molecule has 0 fully saturated rings. The molecule has 9 aromatic carbocycles. The van der Waals surface area contributed by atoms with Gasteiger partial charge in [-0.05, 0) is 115 Å². The summed E-state index contributed by atoms with van der Waals surface area (Å²) < 4.78 is 2.64. The van der Waals surface area contributed by atoms with Gasteiger partial charge in [-0.1, -0.05) is 147 Å². The third-order valence-corrected chi connectivity index (χ3v) is 13.0. The molecule has 260 valence electrons. The summed E-state index contributed by atoms with van der Waals surface area (Å²) in [5.41, 5.74) is 13.7. The van der Waals surface area contributed by atoms with E-state index in [-0.39, 0.29) is 5.41 Å². The molecule has 1 aliphatic carbocycles. The summed E-state index contributed by atoms with van der Waals surface area (Å²) in [5, 5.41) is 7.63. The molecule has 0 amide bonds. The fourth-order valence-corrected chi connectivity index (χ4v) is 10.1. The molecule has 1 nitrogen and oxygen atoms in total. The second-order valence-corrected chi connectivity index (χ2v) is 16.4. The predicted molar refractivity (Wildman–Crippen MR) is 237 cm³/mol. The Morgan fingerprint density at radius 1 is 0.382 bits per heavy atom. The number of fused-ring (bicyclic) bond motifs is 9. The largest absolute Gasteiger partial charge is 0.310 e. The number of benzene rings is 9. The number of anilines is 3. The van der Waals surface area contributed by atoms with Crippen LogP contribution >= 0.6 is 11.3 Å². The number of nitrogens with zero attached hydrogens (tertiary/aromatic N) is 1. The van der Waals surface area contributed by atoms with Crippen LogP contribution in [0.2, 0.25) is 0 Å². The van der Waals surface area contributed by atoms with E-state index in [1.807, 2.05) is 11.3 Å². The predicted octanol–water partition coefficient (Wildman–Crippen LogP) is 15.5. The second-order valence-electron chi connectivity index (χ2n) is 15.3. The number of thiophene rings is 1. The van der Waals surface area contributed by atoms with Crippen LogP contribution in [0.1, 0.15) is 25.0 Å². The molecule has 11 rings (SSSR count). The zero-order valence-corrected chi connectivity index (χ0v) is 31.6. The quantitative estimate of drug-likeness (QED) is 0.160. The molecular weight excluding hydrogens is 683 g/mol. The van der Waals surface area contributed by atoms with Crippen molar-refractivity contribution in [3.05, 3.63) is 199 Å². The van der Waals surface area contributed by atoms with Crippen LogP contribution < -0.4 is 4.90 Å². The van der Waals surface area contributed by atoms with Gasteiger partial charge in [0.2, 0.25) is 0 Å². The normalized spacial score (nSPS) is 13.1. The summed E-state index contributed by atoms with van der Waals surface area (Å²) in [4.78, 5) is 2.47. The summed E-state index contributed by atoms with van der Waals surface area (Å²) in [6.45, 7) is 4.73. The molecule has 2 heteroatoms. The maximum absolute atomic E-state index is 2.47. The summed E-state index contributed by atoms with van der Waals surface area (Å²) in [6.07, 6.45) is 0. The van der Waals surface area contributed by atoms with E-state index >= 15 is 0 Å². The minimum Gasteiger partial charge on any atom is -0.310 e. The second kappa shape index (κ2) is 12.3. The molecule has 0 radical (unpaired) electrons. The molecule has 10 aromatic rings. The van der Waals surface area contributed by atoms with Gasteiger partial charge in [0.15, 0.2) is 0 Å². The van der Waals surface area contributed by atoms with Crippen LogP contribution in [0, 0.1) is 0 Å². The van der Waals surface area contributed by atoms with Gasteiger partial charge in [-0.25, -0.2) is 0 Å². The highest BCUT2D eigenvalue weighted by Crippen LogP contribution is 2.51. The van der Waals surface area contributed by atoms with Crippen LogP contribution in [0.5, 0.6) is 0 Å². The number of rotatable bonds is 5. The van der Waals surface area contributed by atoms with E-state index < -0.39 is 0 Å². The van der Waals surface area contributed by atoms with E-state index in [0.29, 0.717) is 0 Å². The van der Waals surface area contributed by atoms with Crippen LogP contribution in [0.25, 0.3) is 75.1 Å². The summed E-state index contributed by atoms with van der Waals surface area (Å²) in [5.74, 6) is 0. The van der Waals surface area contributed by atoms with E-state index in [4.69, 9.17) is 0 Å². The Hall–Kier alpha value is -6.48. The van der Waals surface area contributed by atoms with Crippen molar-refractivity contribution in [1.82, 2.24) is 0 Å². The highest BCUT2D eigenvalue weighted by Gasteiger charge is 2.35. The highest BCUT2D eigenvalue weighted by molar-refractivity contribution is 7.25. The lowest BCUT2D eigenvalue weighted by atomic mass is 9.82. The Kier molecular flexibility index (Phi) is 7.14. The summed E-state index contributed by atoms with van der Waals surface area (Å²) >= 11 is 1.87. The molecule has 0 saturated carbocycles. The van der Waals surface area contributed by atoms with Crippen molar-refractivity contribution in [3.63, 3.8) is 0 Å². The average Bonchev–Trinajstić information content (AvgIpc) is 3.72. The van der Waals surface area contributed by atoms with Gasteiger partial charge in [-0.2, -0.15) is 0 Å². The molecule has 1 heterocycles. The van der Waals surface area contributed by atoms with Crippen LogP contribution in [0.3, 0.4) is 0 Å². The SMILES string of the molecule is CC1(C)c2ccccc2-c2ccc(N(c3ccc(-c4ccc5sc6ccc(-c7ccccc7)cc6c5c4)cc3)c3cc4ccccc4c4ccccc34)cc21. The van der Waals surface area contributed by atoms with Gasteiger partial charge >= 0.3 is 0 Å². The van der Waals surface area contributed by atoms with Gasteiger partial charge in [-0.15, -0.1) is 11.3 Å². The monoisotopic (exact) mass is 719 g/mol. The Balaban J connectivity index is 1.06. The zero-order chi connectivity index (χ0) is 36.7. The number of hydrogen-bond acceptors (Lipinski definition) is 2. The Morgan fingerprint density at radius 2 is 0.945 bits per heavy atom. The van der Waals surface area contributed by atoms with Crippen molar-refractivity contribution in [3.8, 4) is 33.4 Å². The van der Waals surface area contributed by atoms with Gasteiger partial charge in [0.25, 0.3) is 0 Å². The van der Waals surface area contributed by atoms with E-state index in [1.54, 1.807) is 0 Å². The van der Waals surface area contributed by atoms with E-state index in [0.717, 1.165) is 11.4 Å². The number of hydrogen-bond donors (Lipinski definition) is 0. The first-order valence-electron chi connectivity index (χ1n) is 19.1. The Morgan fingerprint density at radius 3 is 1.69 bits per heavy atom. The smallest absolute Gasteiger partial charge is 0.0546 e. The van der Waals surface area contributed by atoms with Crippen molar-refractivity contribution in [2.24, 2.45) is 0 Å². The Labute approximate surface area is 325 Å². The minimum absolute atomic E-state index is 0.102. The fraction of sp³-hybridized carbons (Fsp3) is 0.0566. The van der Waals surface area contributed by atoms with Crippen molar-refractivity contribution < 1.29 is 0 Å². The highest BCUT2D eigenvalue weighted by atomic mass is 32.1. The molecule has 0 aliphatic heterocycles. The summed E-state index contributed by atoms with van der Waals surface area (Å²) in [7, 11) is 0. The lowest BCUT2D eigenvalue weighted by molar-refractivity contribution is 0.660. The van der Waals surface area contributed by atoms with Gasteiger partial charge in [0.05, 0.1) is 5.69 Å². The first-order chi connectivity index (χ1) is 27.0. The van der Waals surface area contributed by atoms with E-state index in [1.165, 1.54) is 91.9 Å². The minimum atomic E-state index is -0.102. The summed E-state index contributed by atoms with van der Waals surface area (Å²) in [6, 6.07) is 69.7. The molecule has 0 spiro atoms. The van der Waals surface area contributed by atoms with Gasteiger partial charge in [-0.3, -0.25) is 0 Å². The van der Waals surface area contributed by atoms with Crippen LogP contribution in [-0.2, 0) is 5.41 Å². The maximum Gasteiger partial charge on any atom is 0.0546 e. The lowest BCUT2D eigenvalue weighted by Crippen LogP contribution is -2.16. The molecule has 0 atom stereocenters. The molecule has 0 N–H and O–H groups in total. The first kappa shape index (κ1) is 32.0.